The van der Waals surface area contributed by atoms with E-state index >= 15 is 0 Å². The van der Waals surface area contributed by atoms with Gasteiger partial charge < -0.3 is 15.9 Å². The van der Waals surface area contributed by atoms with Crippen LogP contribution in [0, 0.1) is 5.41 Å². The van der Waals surface area contributed by atoms with Gasteiger partial charge in [-0.25, -0.2) is 17.9 Å². The monoisotopic (exact) mass is 403 g/mol. The summed E-state index contributed by atoms with van der Waals surface area (Å²) in [6.07, 6.45) is 1.51. The quantitative estimate of drug-likeness (QED) is 0.257. The summed E-state index contributed by atoms with van der Waals surface area (Å²) in [7, 11) is -3.98. The van der Waals surface area contributed by atoms with Crippen LogP contribution in [0.25, 0.3) is 5.57 Å². The van der Waals surface area contributed by atoms with E-state index in [9.17, 15) is 18.3 Å². The second-order valence-corrected chi connectivity index (χ2v) is 7.84. The molecule has 2 aromatic carbocycles. The Labute approximate surface area is 162 Å². The van der Waals surface area contributed by atoms with Gasteiger partial charge in [0.15, 0.2) is 0 Å². The minimum Gasteiger partial charge on any atom is -0.507 e. The Balaban J connectivity index is 2.05. The maximum Gasteiger partial charge on any atom is 0.328 e. The van der Waals surface area contributed by atoms with Crippen molar-refractivity contribution in [3.63, 3.8) is 0 Å². The van der Waals surface area contributed by atoms with Crippen LogP contribution in [-0.4, -0.2) is 37.0 Å². The number of nitrogens with one attached hydrogen (secondary N) is 2. The number of carbonyl (C=O) groups is 1. The zero-order valence-electron chi connectivity index (χ0n) is 15.1. The summed E-state index contributed by atoms with van der Waals surface area (Å²) < 4.78 is 27.2. The molecule has 0 saturated carbocycles. The van der Waals surface area contributed by atoms with Gasteiger partial charge in [-0.05, 0) is 48.2 Å². The van der Waals surface area contributed by atoms with Gasteiger partial charge in [0, 0.05) is 18.2 Å². The molecule has 148 valence electrons. The Hall–Kier alpha value is -3.17. The zero-order valence-corrected chi connectivity index (χ0v) is 16.0. The third kappa shape index (κ3) is 5.41. The number of hydrogen-bond acceptors (Lipinski definition) is 5. The highest BCUT2D eigenvalue weighted by atomic mass is 32.2. The van der Waals surface area contributed by atoms with E-state index in [1.54, 1.807) is 31.2 Å². The van der Waals surface area contributed by atoms with Gasteiger partial charge in [-0.15, -0.1) is 0 Å². The molecule has 9 heteroatoms. The fourth-order valence-electron chi connectivity index (χ4n) is 2.51. The van der Waals surface area contributed by atoms with Crippen LogP contribution < -0.4 is 10.5 Å². The maximum atomic E-state index is 12.4. The van der Waals surface area contributed by atoms with Gasteiger partial charge in [-0.3, -0.25) is 5.41 Å². The average Bonchev–Trinajstić information content (AvgIpc) is 2.61. The molecule has 0 atom stereocenters. The van der Waals surface area contributed by atoms with Crippen molar-refractivity contribution >= 4 is 27.4 Å². The summed E-state index contributed by atoms with van der Waals surface area (Å²) in [4.78, 5) is 10.4. The highest BCUT2D eigenvalue weighted by Crippen LogP contribution is 2.23. The molecule has 8 nitrogen and oxygen atoms in total. The van der Waals surface area contributed by atoms with Gasteiger partial charge in [-0.2, -0.15) is 0 Å². The van der Waals surface area contributed by atoms with Crippen LogP contribution >= 0.6 is 0 Å². The molecule has 2 rings (SSSR count). The van der Waals surface area contributed by atoms with Crippen molar-refractivity contribution in [3.8, 4) is 5.75 Å². The number of allylic oxidation sites excluding steroid dienone is 1. The maximum absolute atomic E-state index is 12.4. The lowest BCUT2D eigenvalue weighted by Gasteiger charge is -2.10. The molecule has 0 unspecified atom stereocenters. The van der Waals surface area contributed by atoms with Crippen molar-refractivity contribution < 1.29 is 23.4 Å². The van der Waals surface area contributed by atoms with Gasteiger partial charge in [-0.1, -0.05) is 24.3 Å². The number of amidine groups is 1. The molecule has 2 aromatic rings. The molecular formula is C19H21N3O5S. The summed E-state index contributed by atoms with van der Waals surface area (Å²) >= 11 is 0. The van der Waals surface area contributed by atoms with Crippen LogP contribution in [0.2, 0.25) is 0 Å². The Bertz CT molecular complexity index is 1030. The number of carboxylic acid groups (broad SMARTS) is 1. The van der Waals surface area contributed by atoms with Crippen molar-refractivity contribution in [2.24, 2.45) is 5.73 Å². The smallest absolute Gasteiger partial charge is 0.328 e. The third-order valence-corrected chi connectivity index (χ3v) is 5.51. The first kappa shape index (κ1) is 21.1. The molecule has 0 aliphatic rings. The number of phenolic OH excluding ortho intramolecular Hbond substituents is 1. The van der Waals surface area contributed by atoms with Gasteiger partial charge in [0.05, 0.1) is 0 Å². The molecule has 0 heterocycles. The van der Waals surface area contributed by atoms with Crippen LogP contribution in [0.3, 0.4) is 0 Å². The van der Waals surface area contributed by atoms with E-state index in [0.717, 1.165) is 23.3 Å². The third-order valence-electron chi connectivity index (χ3n) is 4.02. The first-order valence-corrected chi connectivity index (χ1v) is 9.76. The standard InChI is InChI=1S/C19H21N3O5S/c1-12(10-18(24)25)14-4-2-13(3-5-14)8-9-22-28(26,27)17-11-15(19(20)21)6-7-16(17)23/h2-7,10-11,22-23H,8-9H2,1H3,(H3,20,21)(H,24,25). The molecule has 0 aliphatic heterocycles. The number of carboxylic acids is 1. The number of phenols is 1. The van der Waals surface area contributed by atoms with Crippen LogP contribution in [-0.2, 0) is 21.2 Å². The molecule has 6 N–H and O–H groups in total. The van der Waals surface area contributed by atoms with Crippen LogP contribution in [0.15, 0.2) is 53.4 Å². The topological polar surface area (TPSA) is 154 Å². The second kappa shape index (κ2) is 8.68. The van der Waals surface area contributed by atoms with E-state index in [1.807, 2.05) is 0 Å². The Morgan fingerprint density at radius 3 is 2.36 bits per heavy atom. The highest BCUT2D eigenvalue weighted by molar-refractivity contribution is 7.89. The van der Waals surface area contributed by atoms with Crippen molar-refractivity contribution in [1.29, 1.82) is 5.41 Å². The first-order valence-electron chi connectivity index (χ1n) is 8.28. The Morgan fingerprint density at radius 2 is 1.79 bits per heavy atom. The van der Waals surface area contributed by atoms with Crippen molar-refractivity contribution in [2.45, 2.75) is 18.2 Å². The largest absolute Gasteiger partial charge is 0.507 e. The van der Waals surface area contributed by atoms with Gasteiger partial charge in [0.2, 0.25) is 10.0 Å². The SMILES string of the molecule is CC(=CC(=O)O)c1ccc(CCNS(=O)(=O)c2cc(C(=N)N)ccc2O)cc1. The molecule has 0 amide bonds. The first-order chi connectivity index (χ1) is 13.1. The molecule has 0 saturated heterocycles. The van der Waals surface area contributed by atoms with E-state index < -0.39 is 21.7 Å². The van der Waals surface area contributed by atoms with E-state index in [-0.39, 0.29) is 22.8 Å². The fraction of sp³-hybridized carbons (Fsp3) is 0.158. The predicted molar refractivity (Wildman–Crippen MR) is 106 cm³/mol. The van der Waals surface area contributed by atoms with Crippen LogP contribution in [0.4, 0.5) is 0 Å². The van der Waals surface area contributed by atoms with E-state index in [4.69, 9.17) is 16.2 Å². The molecule has 28 heavy (non-hydrogen) atoms. The molecule has 0 spiro atoms. The lowest BCUT2D eigenvalue weighted by molar-refractivity contribution is -0.131. The summed E-state index contributed by atoms with van der Waals surface area (Å²) in [6.45, 7) is 1.79. The van der Waals surface area contributed by atoms with Crippen molar-refractivity contribution in [3.05, 3.63) is 65.2 Å². The lowest BCUT2D eigenvalue weighted by Crippen LogP contribution is -2.26. The van der Waals surface area contributed by atoms with Crippen molar-refractivity contribution in [2.75, 3.05) is 6.54 Å². The lowest BCUT2D eigenvalue weighted by atomic mass is 10.0. The molecular weight excluding hydrogens is 382 g/mol. The van der Waals surface area contributed by atoms with Gasteiger partial charge in [0.1, 0.15) is 16.5 Å². The predicted octanol–water partition coefficient (Wildman–Crippen LogP) is 1.69. The van der Waals surface area contributed by atoms with Gasteiger partial charge >= 0.3 is 5.97 Å². The number of nitrogens with two attached hydrogens (primary N) is 1. The van der Waals surface area contributed by atoms with Crippen LogP contribution in [0.5, 0.6) is 5.75 Å². The number of rotatable bonds is 8. The number of aromatic hydroxyl groups is 1. The van der Waals surface area contributed by atoms with E-state index in [1.165, 1.54) is 12.1 Å². The van der Waals surface area contributed by atoms with Crippen LogP contribution in [0.1, 0.15) is 23.6 Å². The van der Waals surface area contributed by atoms with Crippen molar-refractivity contribution in [1.82, 2.24) is 4.72 Å². The highest BCUT2D eigenvalue weighted by Gasteiger charge is 2.19. The Kier molecular flexibility index (Phi) is 6.55. The minimum atomic E-state index is -3.98. The second-order valence-electron chi connectivity index (χ2n) is 6.11. The summed E-state index contributed by atoms with van der Waals surface area (Å²) in [6, 6.07) is 10.8. The average molecular weight is 403 g/mol. The minimum absolute atomic E-state index is 0.0926. The number of hydrogen-bond donors (Lipinski definition) is 5. The molecule has 0 aliphatic carbocycles. The van der Waals surface area contributed by atoms with E-state index in [2.05, 4.69) is 4.72 Å². The zero-order chi connectivity index (χ0) is 20.9. The molecule has 0 fully saturated rings. The number of benzene rings is 2. The van der Waals surface area contributed by atoms with E-state index in [0.29, 0.717) is 12.0 Å². The summed E-state index contributed by atoms with van der Waals surface area (Å²) in [5.74, 6) is -1.75. The molecule has 0 bridgehead atoms. The Morgan fingerprint density at radius 1 is 1.18 bits per heavy atom. The molecule has 0 aromatic heterocycles. The normalized spacial score (nSPS) is 12.0. The number of nitrogen functional groups attached to an aromatic ring is 1. The summed E-state index contributed by atoms with van der Waals surface area (Å²) in [5, 5.41) is 26.0. The molecule has 0 radical (unpaired) electrons. The number of sulfonamides is 1. The number of aliphatic carboxylic acids is 1. The van der Waals surface area contributed by atoms with Gasteiger partial charge in [0.25, 0.3) is 0 Å². The summed E-state index contributed by atoms with van der Waals surface area (Å²) in [5.41, 5.74) is 7.79. The fourth-order valence-corrected chi connectivity index (χ4v) is 3.66.